The van der Waals surface area contributed by atoms with Gasteiger partial charge in [-0.15, -0.1) is 0 Å². The molecule has 3 aromatic carbocycles. The van der Waals surface area contributed by atoms with Crippen LogP contribution in [0.25, 0.3) is 10.8 Å². The van der Waals surface area contributed by atoms with Crippen molar-refractivity contribution in [3.63, 3.8) is 0 Å². The smallest absolute Gasteiger partial charge is 0.276 e. The molecular formula is C18H16N2O3S. The molecule has 0 saturated carbocycles. The highest BCUT2D eigenvalue weighted by Crippen LogP contribution is 2.19. The molecule has 0 aliphatic rings. The van der Waals surface area contributed by atoms with Crippen LogP contribution in [-0.4, -0.2) is 21.7 Å². The molecule has 0 amide bonds. The SMILES string of the molecule is COc1ccccc1/C=N\NS(=O)(=O)c1ccc2ccccc2c1. The molecule has 0 aromatic heterocycles. The lowest BCUT2D eigenvalue weighted by atomic mass is 10.1. The number of benzene rings is 3. The summed E-state index contributed by atoms with van der Waals surface area (Å²) in [5.41, 5.74) is 0.682. The van der Waals surface area contributed by atoms with Crippen molar-refractivity contribution in [3.8, 4) is 5.75 Å². The first-order valence-corrected chi connectivity index (χ1v) is 8.75. The molecule has 0 atom stereocenters. The number of sulfonamides is 1. The Bertz CT molecular complexity index is 998. The van der Waals surface area contributed by atoms with Gasteiger partial charge in [0.15, 0.2) is 0 Å². The zero-order chi connectivity index (χ0) is 17.0. The van der Waals surface area contributed by atoms with Crippen LogP contribution in [-0.2, 0) is 10.0 Å². The summed E-state index contributed by atoms with van der Waals surface area (Å²) in [7, 11) is -2.18. The zero-order valence-electron chi connectivity index (χ0n) is 13.0. The van der Waals surface area contributed by atoms with Crippen molar-refractivity contribution in [2.45, 2.75) is 4.90 Å². The highest BCUT2D eigenvalue weighted by atomic mass is 32.2. The molecule has 24 heavy (non-hydrogen) atoms. The second-order valence-corrected chi connectivity index (χ2v) is 6.76. The number of rotatable bonds is 5. The highest BCUT2D eigenvalue weighted by Gasteiger charge is 2.13. The summed E-state index contributed by atoms with van der Waals surface area (Å²) < 4.78 is 29.9. The van der Waals surface area contributed by atoms with E-state index in [0.717, 1.165) is 10.8 Å². The number of para-hydroxylation sites is 1. The first-order chi connectivity index (χ1) is 11.6. The van der Waals surface area contributed by atoms with Crippen molar-refractivity contribution in [1.82, 2.24) is 4.83 Å². The van der Waals surface area contributed by atoms with Gasteiger partial charge >= 0.3 is 0 Å². The number of fused-ring (bicyclic) bond motifs is 1. The normalized spacial score (nSPS) is 11.7. The van der Waals surface area contributed by atoms with E-state index in [-0.39, 0.29) is 4.90 Å². The lowest BCUT2D eigenvalue weighted by molar-refractivity contribution is 0.414. The Morgan fingerprint density at radius 3 is 2.46 bits per heavy atom. The molecule has 3 rings (SSSR count). The summed E-state index contributed by atoms with van der Waals surface area (Å²) >= 11 is 0. The van der Waals surface area contributed by atoms with E-state index in [1.165, 1.54) is 6.21 Å². The number of hydrogen-bond donors (Lipinski definition) is 1. The van der Waals surface area contributed by atoms with Gasteiger partial charge in [0.05, 0.1) is 18.2 Å². The van der Waals surface area contributed by atoms with Gasteiger partial charge in [0, 0.05) is 5.56 Å². The standard InChI is InChI=1S/C18H16N2O3S/c1-23-18-9-5-4-8-16(18)13-19-20-24(21,22)17-11-10-14-6-2-3-7-15(14)12-17/h2-13,20H,1H3/b19-13-. The average molecular weight is 340 g/mol. The van der Waals surface area contributed by atoms with Gasteiger partial charge in [-0.3, -0.25) is 0 Å². The number of hydrogen-bond acceptors (Lipinski definition) is 4. The molecule has 1 N–H and O–H groups in total. The maximum Gasteiger partial charge on any atom is 0.276 e. The van der Waals surface area contributed by atoms with E-state index in [1.54, 1.807) is 37.4 Å². The number of nitrogens with zero attached hydrogens (tertiary/aromatic N) is 1. The Balaban J connectivity index is 1.83. The number of ether oxygens (including phenoxy) is 1. The molecule has 0 bridgehead atoms. The average Bonchev–Trinajstić information content (AvgIpc) is 2.61. The van der Waals surface area contributed by atoms with Crippen molar-refractivity contribution < 1.29 is 13.2 Å². The zero-order valence-corrected chi connectivity index (χ0v) is 13.8. The minimum Gasteiger partial charge on any atom is -0.496 e. The minimum atomic E-state index is -3.73. The number of nitrogens with one attached hydrogen (secondary N) is 1. The van der Waals surface area contributed by atoms with Gasteiger partial charge in [-0.05, 0) is 35.0 Å². The molecular weight excluding hydrogens is 324 g/mol. The maximum absolute atomic E-state index is 12.4. The van der Waals surface area contributed by atoms with Crippen molar-refractivity contribution in [2.24, 2.45) is 5.10 Å². The fourth-order valence-corrected chi connectivity index (χ4v) is 3.15. The molecule has 0 unspecified atom stereocenters. The van der Waals surface area contributed by atoms with Crippen LogP contribution in [0, 0.1) is 0 Å². The van der Waals surface area contributed by atoms with Gasteiger partial charge in [0.1, 0.15) is 5.75 Å². The summed E-state index contributed by atoms with van der Waals surface area (Å²) in [6, 6.07) is 19.7. The van der Waals surface area contributed by atoms with E-state index in [4.69, 9.17) is 4.74 Å². The van der Waals surface area contributed by atoms with Crippen LogP contribution in [0.5, 0.6) is 5.75 Å². The quantitative estimate of drug-likeness (QED) is 0.573. The van der Waals surface area contributed by atoms with Crippen molar-refractivity contribution in [2.75, 3.05) is 7.11 Å². The summed E-state index contributed by atoms with van der Waals surface area (Å²) in [6.07, 6.45) is 1.41. The third kappa shape index (κ3) is 3.38. The molecule has 0 aliphatic carbocycles. The highest BCUT2D eigenvalue weighted by molar-refractivity contribution is 7.89. The second kappa shape index (κ2) is 6.72. The molecule has 122 valence electrons. The Hall–Kier alpha value is -2.86. The van der Waals surface area contributed by atoms with E-state index in [2.05, 4.69) is 9.93 Å². The van der Waals surface area contributed by atoms with Gasteiger partial charge in [0.25, 0.3) is 10.0 Å². The third-order valence-corrected chi connectivity index (χ3v) is 4.77. The van der Waals surface area contributed by atoms with E-state index in [0.29, 0.717) is 11.3 Å². The second-order valence-electron chi connectivity index (χ2n) is 5.10. The third-order valence-electron chi connectivity index (χ3n) is 3.55. The maximum atomic E-state index is 12.4. The van der Waals surface area contributed by atoms with Crippen molar-refractivity contribution in [1.29, 1.82) is 0 Å². The lowest BCUT2D eigenvalue weighted by Gasteiger charge is -2.06. The van der Waals surface area contributed by atoms with Gasteiger partial charge in [-0.1, -0.05) is 42.5 Å². The van der Waals surface area contributed by atoms with Crippen molar-refractivity contribution >= 4 is 27.0 Å². The predicted molar refractivity (Wildman–Crippen MR) is 94.9 cm³/mol. The Morgan fingerprint density at radius 2 is 1.67 bits per heavy atom. The van der Waals surface area contributed by atoms with Crippen LogP contribution in [0.1, 0.15) is 5.56 Å². The number of hydrazone groups is 1. The lowest BCUT2D eigenvalue weighted by Crippen LogP contribution is -2.18. The van der Waals surface area contributed by atoms with Gasteiger partial charge in [-0.25, -0.2) is 4.83 Å². The van der Waals surface area contributed by atoms with Gasteiger partial charge < -0.3 is 4.74 Å². The van der Waals surface area contributed by atoms with Crippen LogP contribution in [0.2, 0.25) is 0 Å². The Labute approximate surface area is 140 Å². The van der Waals surface area contributed by atoms with Crippen LogP contribution in [0.3, 0.4) is 0 Å². The molecule has 0 aliphatic heterocycles. The van der Waals surface area contributed by atoms with Crippen LogP contribution < -0.4 is 9.57 Å². The summed E-state index contributed by atoms with van der Waals surface area (Å²) in [5.74, 6) is 0.617. The molecule has 0 heterocycles. The van der Waals surface area contributed by atoms with Crippen LogP contribution in [0.15, 0.2) is 76.7 Å². The van der Waals surface area contributed by atoms with Gasteiger partial charge in [0.2, 0.25) is 0 Å². The summed E-state index contributed by atoms with van der Waals surface area (Å²) in [4.78, 5) is 2.39. The first-order valence-electron chi connectivity index (χ1n) is 7.27. The fourth-order valence-electron chi connectivity index (χ4n) is 2.33. The fraction of sp³-hybridized carbons (Fsp3) is 0.0556. The van der Waals surface area contributed by atoms with Gasteiger partial charge in [-0.2, -0.15) is 13.5 Å². The van der Waals surface area contributed by atoms with Crippen LogP contribution in [0.4, 0.5) is 0 Å². The summed E-state index contributed by atoms with van der Waals surface area (Å²) in [5, 5.41) is 5.67. The molecule has 0 saturated heterocycles. The molecule has 5 nitrogen and oxygen atoms in total. The monoisotopic (exact) mass is 340 g/mol. The molecule has 6 heteroatoms. The first kappa shape index (κ1) is 16.0. The van der Waals surface area contributed by atoms with E-state index >= 15 is 0 Å². The molecule has 0 fully saturated rings. The molecule has 0 spiro atoms. The van der Waals surface area contributed by atoms with E-state index < -0.39 is 10.0 Å². The summed E-state index contributed by atoms with van der Waals surface area (Å²) in [6.45, 7) is 0. The topological polar surface area (TPSA) is 67.8 Å². The molecule has 0 radical (unpaired) electrons. The molecule has 3 aromatic rings. The van der Waals surface area contributed by atoms with E-state index in [1.807, 2.05) is 36.4 Å². The van der Waals surface area contributed by atoms with Crippen LogP contribution >= 0.6 is 0 Å². The minimum absolute atomic E-state index is 0.165. The largest absolute Gasteiger partial charge is 0.496 e. The van der Waals surface area contributed by atoms with E-state index in [9.17, 15) is 8.42 Å². The number of methoxy groups -OCH3 is 1. The van der Waals surface area contributed by atoms with Crippen molar-refractivity contribution in [3.05, 3.63) is 72.3 Å². The Kier molecular flexibility index (Phi) is 4.48. The Morgan fingerprint density at radius 1 is 0.958 bits per heavy atom. The predicted octanol–water partition coefficient (Wildman–Crippen LogP) is 3.16.